The highest BCUT2D eigenvalue weighted by Crippen LogP contribution is 1.94. The molecule has 0 bridgehead atoms. The van der Waals surface area contributed by atoms with Crippen LogP contribution in [0.15, 0.2) is 24.3 Å². The molecule has 0 fully saturated rings. The SMILES string of the molecule is [B]c1ccc(CC=O)cc1. The van der Waals surface area contributed by atoms with Crippen LogP contribution in [0.1, 0.15) is 5.56 Å². The first-order valence-corrected chi connectivity index (χ1v) is 3.11. The average Bonchev–Trinajstić information content (AvgIpc) is 1.95. The van der Waals surface area contributed by atoms with Gasteiger partial charge in [-0.1, -0.05) is 29.7 Å². The maximum atomic E-state index is 10.0. The molecule has 48 valence electrons. The highest BCUT2D eigenvalue weighted by molar-refractivity contribution is 6.32. The molecule has 0 aliphatic heterocycles. The maximum absolute atomic E-state index is 10.0. The standard InChI is InChI=1S/C8H7BO/c9-8-3-1-7(2-4-8)5-6-10/h1-4,6H,5H2. The number of benzene rings is 1. The maximum Gasteiger partial charge on any atom is 0.124 e. The van der Waals surface area contributed by atoms with Gasteiger partial charge in [0.15, 0.2) is 0 Å². The van der Waals surface area contributed by atoms with Crippen molar-refractivity contribution < 1.29 is 4.79 Å². The van der Waals surface area contributed by atoms with Crippen molar-refractivity contribution in [3.05, 3.63) is 29.8 Å². The second-order valence-electron chi connectivity index (χ2n) is 2.11. The van der Waals surface area contributed by atoms with E-state index in [4.69, 9.17) is 7.85 Å². The Bertz CT molecular complexity index is 215. The Hall–Kier alpha value is -1.05. The van der Waals surface area contributed by atoms with Crippen molar-refractivity contribution in [2.45, 2.75) is 6.42 Å². The van der Waals surface area contributed by atoms with Crippen LogP contribution in [0.3, 0.4) is 0 Å². The molecule has 0 saturated heterocycles. The molecule has 1 rings (SSSR count). The lowest BCUT2D eigenvalue weighted by molar-refractivity contribution is -0.107. The van der Waals surface area contributed by atoms with Crippen LogP contribution in [-0.2, 0) is 11.2 Å². The highest BCUT2D eigenvalue weighted by atomic mass is 16.1. The third kappa shape index (κ3) is 1.73. The van der Waals surface area contributed by atoms with Crippen molar-refractivity contribution in [2.75, 3.05) is 0 Å². The fourth-order valence-corrected chi connectivity index (χ4v) is 0.750. The first-order chi connectivity index (χ1) is 4.83. The molecule has 0 saturated carbocycles. The van der Waals surface area contributed by atoms with Gasteiger partial charge in [0.2, 0.25) is 0 Å². The molecule has 0 amide bonds. The largest absolute Gasteiger partial charge is 0.303 e. The van der Waals surface area contributed by atoms with Gasteiger partial charge in [-0.05, 0) is 5.56 Å². The summed E-state index contributed by atoms with van der Waals surface area (Å²) >= 11 is 0. The van der Waals surface area contributed by atoms with E-state index >= 15 is 0 Å². The zero-order valence-corrected chi connectivity index (χ0v) is 5.58. The van der Waals surface area contributed by atoms with Gasteiger partial charge in [0, 0.05) is 6.42 Å². The third-order valence-corrected chi connectivity index (χ3v) is 1.30. The Morgan fingerprint density at radius 2 is 1.90 bits per heavy atom. The molecule has 0 spiro atoms. The van der Waals surface area contributed by atoms with Gasteiger partial charge in [0.25, 0.3) is 0 Å². The van der Waals surface area contributed by atoms with Gasteiger partial charge in [0.05, 0.1) is 0 Å². The van der Waals surface area contributed by atoms with E-state index in [1.165, 1.54) is 0 Å². The van der Waals surface area contributed by atoms with Crippen LogP contribution in [-0.4, -0.2) is 14.1 Å². The van der Waals surface area contributed by atoms with Crippen molar-refractivity contribution in [3.8, 4) is 0 Å². The summed E-state index contributed by atoms with van der Waals surface area (Å²) in [6, 6.07) is 7.28. The molecule has 0 aliphatic carbocycles. The summed E-state index contributed by atoms with van der Waals surface area (Å²) in [5.41, 5.74) is 1.74. The van der Waals surface area contributed by atoms with Gasteiger partial charge in [-0.3, -0.25) is 0 Å². The molecule has 1 aromatic carbocycles. The summed E-state index contributed by atoms with van der Waals surface area (Å²) in [7, 11) is 5.43. The van der Waals surface area contributed by atoms with Gasteiger partial charge < -0.3 is 4.79 Å². The minimum atomic E-state index is 0.472. The Morgan fingerprint density at radius 3 is 2.40 bits per heavy atom. The van der Waals surface area contributed by atoms with Crippen molar-refractivity contribution in [3.63, 3.8) is 0 Å². The zero-order chi connectivity index (χ0) is 7.40. The summed E-state index contributed by atoms with van der Waals surface area (Å²) < 4.78 is 0. The smallest absolute Gasteiger partial charge is 0.124 e. The van der Waals surface area contributed by atoms with Gasteiger partial charge in [-0.25, -0.2) is 0 Å². The lowest BCUT2D eigenvalue weighted by Crippen LogP contribution is -2.00. The van der Waals surface area contributed by atoms with Crippen molar-refractivity contribution in [1.29, 1.82) is 0 Å². The average molecular weight is 130 g/mol. The fraction of sp³-hybridized carbons (Fsp3) is 0.125. The van der Waals surface area contributed by atoms with E-state index in [-0.39, 0.29) is 0 Å². The van der Waals surface area contributed by atoms with E-state index in [1.54, 1.807) is 12.1 Å². The molecule has 0 aliphatic rings. The minimum absolute atomic E-state index is 0.472. The Balaban J connectivity index is 2.78. The predicted octanol–water partition coefficient (Wildman–Crippen LogP) is 0.222. The summed E-state index contributed by atoms with van der Waals surface area (Å²) in [5, 5.41) is 0. The Morgan fingerprint density at radius 1 is 1.30 bits per heavy atom. The number of hydrogen-bond donors (Lipinski definition) is 0. The number of carbonyl (C=O) groups excluding carboxylic acids is 1. The molecule has 1 nitrogen and oxygen atoms in total. The molecule has 0 heterocycles. The van der Waals surface area contributed by atoms with E-state index in [1.807, 2.05) is 12.1 Å². The minimum Gasteiger partial charge on any atom is -0.303 e. The Kier molecular flexibility index (Phi) is 2.27. The normalized spacial score (nSPS) is 9.20. The van der Waals surface area contributed by atoms with E-state index in [2.05, 4.69) is 0 Å². The summed E-state index contributed by atoms with van der Waals surface area (Å²) in [5.74, 6) is 0. The third-order valence-electron chi connectivity index (χ3n) is 1.30. The topological polar surface area (TPSA) is 17.1 Å². The Labute approximate surface area is 61.5 Å². The highest BCUT2D eigenvalue weighted by Gasteiger charge is 1.88. The number of hydrogen-bond acceptors (Lipinski definition) is 1. The van der Waals surface area contributed by atoms with Gasteiger partial charge >= 0.3 is 0 Å². The van der Waals surface area contributed by atoms with Crippen LogP contribution >= 0.6 is 0 Å². The quantitative estimate of drug-likeness (QED) is 0.413. The molecule has 1 aromatic rings. The molecule has 0 atom stereocenters. The molecule has 0 N–H and O–H groups in total. The number of rotatable bonds is 2. The lowest BCUT2D eigenvalue weighted by atomic mass is 9.95. The van der Waals surface area contributed by atoms with E-state index in [9.17, 15) is 4.79 Å². The van der Waals surface area contributed by atoms with Gasteiger partial charge in [-0.2, -0.15) is 0 Å². The number of carbonyl (C=O) groups is 1. The first kappa shape index (κ1) is 7.07. The van der Waals surface area contributed by atoms with Crippen LogP contribution in [0.5, 0.6) is 0 Å². The zero-order valence-electron chi connectivity index (χ0n) is 5.58. The second kappa shape index (κ2) is 3.21. The van der Waals surface area contributed by atoms with Crippen LogP contribution in [0.4, 0.5) is 0 Å². The van der Waals surface area contributed by atoms with Gasteiger partial charge in [0.1, 0.15) is 14.1 Å². The molecular formula is C8H7BO. The molecule has 2 heteroatoms. The van der Waals surface area contributed by atoms with Crippen molar-refractivity contribution in [1.82, 2.24) is 0 Å². The molecule has 10 heavy (non-hydrogen) atoms. The first-order valence-electron chi connectivity index (χ1n) is 3.11. The molecule has 0 unspecified atom stereocenters. The van der Waals surface area contributed by atoms with Crippen LogP contribution in [0, 0.1) is 0 Å². The summed E-state index contributed by atoms with van der Waals surface area (Å²) in [6.45, 7) is 0. The van der Waals surface area contributed by atoms with E-state index < -0.39 is 0 Å². The monoisotopic (exact) mass is 130 g/mol. The molecule has 0 aromatic heterocycles. The summed E-state index contributed by atoms with van der Waals surface area (Å²) in [4.78, 5) is 10.0. The van der Waals surface area contributed by atoms with Gasteiger partial charge in [-0.15, -0.1) is 0 Å². The molecule has 2 radical (unpaired) electrons. The summed E-state index contributed by atoms with van der Waals surface area (Å²) in [6.07, 6.45) is 1.35. The lowest BCUT2D eigenvalue weighted by Gasteiger charge is -1.94. The predicted molar refractivity (Wildman–Crippen MR) is 41.6 cm³/mol. The van der Waals surface area contributed by atoms with E-state index in [0.717, 1.165) is 17.3 Å². The molecular weight excluding hydrogens is 123 g/mol. The second-order valence-corrected chi connectivity index (χ2v) is 2.11. The van der Waals surface area contributed by atoms with E-state index in [0.29, 0.717) is 6.42 Å². The van der Waals surface area contributed by atoms with Crippen molar-refractivity contribution >= 4 is 19.6 Å². The van der Waals surface area contributed by atoms with Crippen LogP contribution in [0.25, 0.3) is 0 Å². The van der Waals surface area contributed by atoms with Crippen molar-refractivity contribution in [2.24, 2.45) is 0 Å². The van der Waals surface area contributed by atoms with Crippen LogP contribution < -0.4 is 5.46 Å². The van der Waals surface area contributed by atoms with Crippen LogP contribution in [0.2, 0.25) is 0 Å². The number of aldehydes is 1. The fourth-order valence-electron chi connectivity index (χ4n) is 0.750.